The van der Waals surface area contributed by atoms with Crippen LogP contribution in [0.2, 0.25) is 0 Å². The number of carbonyl (C=O) groups excluding carboxylic acids is 1. The molecule has 0 unspecified atom stereocenters. The van der Waals surface area contributed by atoms with Gasteiger partial charge in [-0.2, -0.15) is 0 Å². The van der Waals surface area contributed by atoms with Gasteiger partial charge < -0.3 is 16.0 Å². The lowest BCUT2D eigenvalue weighted by atomic mass is 10.3. The third kappa shape index (κ3) is 4.53. The molecule has 1 heterocycles. The molecule has 0 saturated carbocycles. The van der Waals surface area contributed by atoms with Crippen molar-refractivity contribution < 1.29 is 4.79 Å². The molecule has 0 atom stereocenters. The van der Waals surface area contributed by atoms with Crippen LogP contribution in [0.4, 0.5) is 5.00 Å². The maximum atomic E-state index is 11.8. The average Bonchev–Trinajstić information content (AvgIpc) is 2.65. The molecule has 0 aliphatic carbocycles. The minimum atomic E-state index is -0.183. The number of carbonyl (C=O) groups is 1. The second-order valence-electron chi connectivity index (χ2n) is 3.81. The Hall–Kier alpha value is -0.790. The normalized spacial score (nSPS) is 10.8. The number of thioether (sulfide) groups is 1. The van der Waals surface area contributed by atoms with Crippen molar-refractivity contribution in [2.45, 2.75) is 10.8 Å². The highest BCUT2D eigenvalue weighted by atomic mass is 32.2. The van der Waals surface area contributed by atoms with Crippen LogP contribution in [-0.4, -0.2) is 49.2 Å². The minimum Gasteiger partial charge on any atom is -0.389 e. The van der Waals surface area contributed by atoms with Crippen molar-refractivity contribution in [3.63, 3.8) is 0 Å². The van der Waals surface area contributed by atoms with Gasteiger partial charge in [0.25, 0.3) is 5.91 Å². The van der Waals surface area contributed by atoms with Crippen molar-refractivity contribution >= 4 is 34.0 Å². The third-order valence-corrected chi connectivity index (χ3v) is 3.96. The van der Waals surface area contributed by atoms with Crippen LogP contribution < -0.4 is 11.1 Å². The van der Waals surface area contributed by atoms with Crippen molar-refractivity contribution in [1.29, 1.82) is 0 Å². The molecule has 5 nitrogen and oxygen atoms in total. The molecule has 0 fully saturated rings. The fourth-order valence-electron chi connectivity index (χ4n) is 1.24. The lowest BCUT2D eigenvalue weighted by molar-refractivity contribution is 0.0948. The number of hydrogen-bond donors (Lipinski definition) is 2. The van der Waals surface area contributed by atoms with Crippen LogP contribution in [0.3, 0.4) is 0 Å². The van der Waals surface area contributed by atoms with Crippen LogP contribution in [0.15, 0.2) is 4.34 Å². The van der Waals surface area contributed by atoms with Crippen molar-refractivity contribution in [2.75, 3.05) is 39.2 Å². The van der Waals surface area contributed by atoms with E-state index in [9.17, 15) is 4.79 Å². The molecule has 3 N–H and O–H groups in total. The summed E-state index contributed by atoms with van der Waals surface area (Å²) in [4.78, 5) is 18.0. The molecule has 0 spiro atoms. The molecule has 0 saturated heterocycles. The molecule has 17 heavy (non-hydrogen) atoms. The number of nitrogens with two attached hydrogens (primary N) is 1. The van der Waals surface area contributed by atoms with Crippen molar-refractivity contribution in [3.8, 4) is 0 Å². The van der Waals surface area contributed by atoms with E-state index in [1.165, 1.54) is 23.1 Å². The first-order valence-electron chi connectivity index (χ1n) is 5.27. The van der Waals surface area contributed by atoms with E-state index in [0.29, 0.717) is 17.2 Å². The summed E-state index contributed by atoms with van der Waals surface area (Å²) in [5.41, 5.74) is 6.10. The summed E-state index contributed by atoms with van der Waals surface area (Å²) >= 11 is 2.84. The van der Waals surface area contributed by atoms with Gasteiger partial charge in [-0.3, -0.25) is 4.79 Å². The molecule has 0 aliphatic heterocycles. The molecule has 0 bridgehead atoms. The Labute approximate surface area is 110 Å². The number of aromatic nitrogens is 1. The van der Waals surface area contributed by atoms with E-state index in [-0.39, 0.29) is 5.91 Å². The molecule has 1 rings (SSSR count). The van der Waals surface area contributed by atoms with Crippen molar-refractivity contribution in [3.05, 3.63) is 5.69 Å². The Morgan fingerprint density at radius 2 is 2.29 bits per heavy atom. The zero-order chi connectivity index (χ0) is 12.8. The summed E-state index contributed by atoms with van der Waals surface area (Å²) in [7, 11) is 4.01. The predicted octanol–water partition coefficient (Wildman–Crippen LogP) is 1.13. The van der Waals surface area contributed by atoms with Gasteiger partial charge in [0, 0.05) is 6.54 Å². The molecule has 0 radical (unpaired) electrons. The fourth-order valence-corrected chi connectivity index (χ4v) is 2.59. The molecule has 1 aromatic heterocycles. The Morgan fingerprint density at radius 1 is 1.59 bits per heavy atom. The zero-order valence-corrected chi connectivity index (χ0v) is 12.0. The molecule has 1 amide bonds. The highest BCUT2D eigenvalue weighted by molar-refractivity contribution is 8.00. The smallest absolute Gasteiger partial charge is 0.272 e. The summed E-state index contributed by atoms with van der Waals surface area (Å²) < 4.78 is 0.820. The number of anilines is 1. The van der Waals surface area contributed by atoms with Gasteiger partial charge in [0.1, 0.15) is 5.00 Å². The number of nitrogens with one attached hydrogen (secondary N) is 1. The van der Waals surface area contributed by atoms with Gasteiger partial charge in [-0.05, 0) is 33.3 Å². The highest BCUT2D eigenvalue weighted by Crippen LogP contribution is 2.27. The van der Waals surface area contributed by atoms with Gasteiger partial charge in [-0.15, -0.1) is 0 Å². The molecule has 96 valence electrons. The topological polar surface area (TPSA) is 71.2 Å². The average molecular weight is 274 g/mol. The third-order valence-electron chi connectivity index (χ3n) is 2.09. The Balaban J connectivity index is 2.44. The van der Waals surface area contributed by atoms with Gasteiger partial charge in [-0.25, -0.2) is 4.98 Å². The molecule has 0 aromatic carbocycles. The summed E-state index contributed by atoms with van der Waals surface area (Å²) in [6.45, 7) is 1.59. The summed E-state index contributed by atoms with van der Waals surface area (Å²) in [6.07, 6.45) is 2.83. The Kier molecular flexibility index (Phi) is 5.73. The molecule has 7 heteroatoms. The van der Waals surface area contributed by atoms with Crippen LogP contribution in [-0.2, 0) is 0 Å². The molecular weight excluding hydrogens is 256 g/mol. The zero-order valence-electron chi connectivity index (χ0n) is 10.3. The van der Waals surface area contributed by atoms with Crippen LogP contribution >= 0.6 is 23.1 Å². The largest absolute Gasteiger partial charge is 0.389 e. The van der Waals surface area contributed by atoms with Crippen LogP contribution in [0.25, 0.3) is 0 Å². The molecule has 0 aliphatic rings. The van der Waals surface area contributed by atoms with Gasteiger partial charge >= 0.3 is 0 Å². The lowest BCUT2D eigenvalue weighted by Crippen LogP contribution is -2.27. The Bertz CT molecular complexity index is 378. The molecular formula is C10H18N4OS2. The van der Waals surface area contributed by atoms with Crippen LogP contribution in [0.1, 0.15) is 16.9 Å². The van der Waals surface area contributed by atoms with Gasteiger partial charge in [-0.1, -0.05) is 23.1 Å². The first kappa shape index (κ1) is 14.3. The lowest BCUT2D eigenvalue weighted by Gasteiger charge is -2.09. The number of rotatable bonds is 6. The minimum absolute atomic E-state index is 0.183. The SMILES string of the molecule is CSc1nc(C(=O)NCCCN(C)C)c(N)s1. The van der Waals surface area contributed by atoms with E-state index in [2.05, 4.69) is 15.2 Å². The number of nitrogens with zero attached hydrogens (tertiary/aromatic N) is 2. The first-order valence-corrected chi connectivity index (χ1v) is 7.32. The standard InChI is InChI=1S/C10H18N4OS2/c1-14(2)6-4-5-12-9(15)7-8(11)17-10(13-7)16-3/h4-6,11H2,1-3H3,(H,12,15). The van der Waals surface area contributed by atoms with E-state index < -0.39 is 0 Å². The van der Waals surface area contributed by atoms with E-state index in [0.717, 1.165) is 17.3 Å². The monoisotopic (exact) mass is 274 g/mol. The maximum absolute atomic E-state index is 11.8. The van der Waals surface area contributed by atoms with E-state index in [1.54, 1.807) is 0 Å². The maximum Gasteiger partial charge on any atom is 0.272 e. The summed E-state index contributed by atoms with van der Waals surface area (Å²) in [6, 6.07) is 0. The first-order chi connectivity index (χ1) is 8.04. The second kappa shape index (κ2) is 6.83. The highest BCUT2D eigenvalue weighted by Gasteiger charge is 2.15. The van der Waals surface area contributed by atoms with Crippen molar-refractivity contribution in [1.82, 2.24) is 15.2 Å². The van der Waals surface area contributed by atoms with Gasteiger partial charge in [0.2, 0.25) is 0 Å². The molecule has 1 aromatic rings. The van der Waals surface area contributed by atoms with E-state index in [1.807, 2.05) is 20.4 Å². The van der Waals surface area contributed by atoms with Crippen LogP contribution in [0, 0.1) is 0 Å². The Morgan fingerprint density at radius 3 is 2.82 bits per heavy atom. The predicted molar refractivity (Wildman–Crippen MR) is 73.8 cm³/mol. The van der Waals surface area contributed by atoms with Crippen LogP contribution in [0.5, 0.6) is 0 Å². The number of thiazole rings is 1. The van der Waals surface area contributed by atoms with E-state index >= 15 is 0 Å². The quantitative estimate of drug-likeness (QED) is 0.601. The summed E-state index contributed by atoms with van der Waals surface area (Å²) in [5.74, 6) is -0.183. The van der Waals surface area contributed by atoms with E-state index in [4.69, 9.17) is 5.73 Å². The summed E-state index contributed by atoms with van der Waals surface area (Å²) in [5, 5.41) is 3.31. The van der Waals surface area contributed by atoms with Gasteiger partial charge in [0.05, 0.1) is 0 Å². The van der Waals surface area contributed by atoms with Crippen molar-refractivity contribution in [2.24, 2.45) is 0 Å². The van der Waals surface area contributed by atoms with Gasteiger partial charge in [0.15, 0.2) is 10.0 Å². The second-order valence-corrected chi connectivity index (χ2v) is 5.89. The number of nitrogen functional groups attached to an aromatic ring is 1. The number of hydrogen-bond acceptors (Lipinski definition) is 6. The number of amides is 1. The fraction of sp³-hybridized carbons (Fsp3) is 0.600.